The molecule has 146 valence electrons. The smallest absolute Gasteiger partial charge is 0.422 e. The number of carbonyl (C=O) groups excluding carboxylic acids is 1. The lowest BCUT2D eigenvalue weighted by atomic mass is 9.98. The molecule has 2 heterocycles. The van der Waals surface area contributed by atoms with E-state index in [4.69, 9.17) is 4.74 Å². The number of alkyl halides is 3. The SMILES string of the molecule is O=C(Cc1cccc(OCC(F)(F)F)c1)N1CC(c2nc3ccccc3[nH]2)C1. The number of H-pyrrole nitrogens is 1. The van der Waals surface area contributed by atoms with Gasteiger partial charge in [-0.05, 0) is 29.8 Å². The van der Waals surface area contributed by atoms with Gasteiger partial charge in [0.05, 0.1) is 23.4 Å². The number of likely N-dealkylation sites (tertiary alicyclic amines) is 1. The third-order valence-electron chi connectivity index (χ3n) is 4.68. The van der Waals surface area contributed by atoms with Crippen molar-refractivity contribution in [2.45, 2.75) is 18.5 Å². The summed E-state index contributed by atoms with van der Waals surface area (Å²) in [5.41, 5.74) is 2.49. The van der Waals surface area contributed by atoms with Crippen LogP contribution in [0.15, 0.2) is 48.5 Å². The molecule has 4 rings (SSSR count). The van der Waals surface area contributed by atoms with Crippen molar-refractivity contribution >= 4 is 16.9 Å². The van der Waals surface area contributed by atoms with Crippen LogP contribution in [0, 0.1) is 0 Å². The fourth-order valence-corrected chi connectivity index (χ4v) is 3.22. The predicted molar refractivity (Wildman–Crippen MR) is 97.1 cm³/mol. The van der Waals surface area contributed by atoms with Crippen LogP contribution in [-0.4, -0.2) is 46.6 Å². The Hall–Kier alpha value is -3.03. The van der Waals surface area contributed by atoms with E-state index in [1.165, 1.54) is 12.1 Å². The number of fused-ring (bicyclic) bond motifs is 1. The molecule has 1 saturated heterocycles. The molecule has 1 aromatic heterocycles. The fraction of sp³-hybridized carbons (Fsp3) is 0.300. The molecular formula is C20H18F3N3O2. The molecule has 1 fully saturated rings. The second-order valence-electron chi connectivity index (χ2n) is 6.86. The maximum atomic E-state index is 12.4. The highest BCUT2D eigenvalue weighted by Crippen LogP contribution is 2.27. The number of nitrogens with zero attached hydrogens (tertiary/aromatic N) is 2. The minimum absolute atomic E-state index is 0.0691. The summed E-state index contributed by atoms with van der Waals surface area (Å²) in [5.74, 6) is 1.07. The number of rotatable bonds is 5. The lowest BCUT2D eigenvalue weighted by molar-refractivity contribution is -0.153. The van der Waals surface area contributed by atoms with E-state index in [-0.39, 0.29) is 24.0 Å². The minimum atomic E-state index is -4.39. The van der Waals surface area contributed by atoms with Crippen LogP contribution in [0.25, 0.3) is 11.0 Å². The van der Waals surface area contributed by atoms with Gasteiger partial charge < -0.3 is 14.6 Å². The summed E-state index contributed by atoms with van der Waals surface area (Å²) in [7, 11) is 0. The molecule has 0 unspecified atom stereocenters. The molecular weight excluding hydrogens is 371 g/mol. The molecule has 1 aliphatic rings. The van der Waals surface area contributed by atoms with Gasteiger partial charge in [-0.25, -0.2) is 4.98 Å². The second-order valence-corrected chi connectivity index (χ2v) is 6.86. The Morgan fingerprint density at radius 3 is 2.71 bits per heavy atom. The van der Waals surface area contributed by atoms with Gasteiger partial charge in [-0.15, -0.1) is 0 Å². The van der Waals surface area contributed by atoms with E-state index in [0.717, 1.165) is 16.9 Å². The van der Waals surface area contributed by atoms with E-state index >= 15 is 0 Å². The summed E-state index contributed by atoms with van der Waals surface area (Å²) in [6, 6.07) is 14.0. The Morgan fingerprint density at radius 2 is 1.96 bits per heavy atom. The summed E-state index contributed by atoms with van der Waals surface area (Å²) in [6.45, 7) is -0.207. The zero-order valence-electron chi connectivity index (χ0n) is 14.9. The topological polar surface area (TPSA) is 58.2 Å². The van der Waals surface area contributed by atoms with E-state index in [0.29, 0.717) is 18.7 Å². The standard InChI is InChI=1S/C20H18F3N3O2/c21-20(22,23)12-28-15-5-3-4-13(8-15)9-18(27)26-10-14(11-26)19-24-16-6-1-2-7-17(16)25-19/h1-8,14H,9-12H2,(H,24,25). The van der Waals surface area contributed by atoms with Crippen molar-refractivity contribution in [3.05, 3.63) is 59.9 Å². The first kappa shape index (κ1) is 18.3. The Balaban J connectivity index is 1.33. The van der Waals surface area contributed by atoms with E-state index < -0.39 is 12.8 Å². The number of hydrogen-bond donors (Lipinski definition) is 1. The van der Waals surface area contributed by atoms with Crippen LogP contribution in [0.2, 0.25) is 0 Å². The molecule has 2 aromatic carbocycles. The van der Waals surface area contributed by atoms with Crippen LogP contribution >= 0.6 is 0 Å². The Kier molecular flexibility index (Phi) is 4.70. The number of imidazole rings is 1. The number of para-hydroxylation sites is 2. The van der Waals surface area contributed by atoms with Gasteiger partial charge in [0, 0.05) is 13.1 Å². The van der Waals surface area contributed by atoms with Crippen molar-refractivity contribution in [2.24, 2.45) is 0 Å². The van der Waals surface area contributed by atoms with Crippen molar-refractivity contribution in [3.8, 4) is 5.75 Å². The quantitative estimate of drug-likeness (QED) is 0.724. The maximum absolute atomic E-state index is 12.4. The van der Waals surface area contributed by atoms with Crippen molar-refractivity contribution in [1.29, 1.82) is 0 Å². The zero-order chi connectivity index (χ0) is 19.7. The molecule has 3 aromatic rings. The first-order valence-electron chi connectivity index (χ1n) is 8.88. The van der Waals surface area contributed by atoms with Gasteiger partial charge in [0.15, 0.2) is 6.61 Å². The Morgan fingerprint density at radius 1 is 1.18 bits per heavy atom. The molecule has 0 spiro atoms. The number of carbonyl (C=O) groups is 1. The molecule has 0 radical (unpaired) electrons. The first-order valence-corrected chi connectivity index (χ1v) is 8.88. The normalized spacial score (nSPS) is 14.9. The van der Waals surface area contributed by atoms with Gasteiger partial charge in [0.2, 0.25) is 5.91 Å². The summed E-state index contributed by atoms with van der Waals surface area (Å²) < 4.78 is 41.5. The van der Waals surface area contributed by atoms with E-state index in [2.05, 4.69) is 9.97 Å². The highest BCUT2D eigenvalue weighted by atomic mass is 19.4. The Bertz CT molecular complexity index is 961. The number of aromatic amines is 1. The van der Waals surface area contributed by atoms with Crippen LogP contribution in [-0.2, 0) is 11.2 Å². The van der Waals surface area contributed by atoms with Crippen LogP contribution < -0.4 is 4.74 Å². The van der Waals surface area contributed by atoms with Gasteiger partial charge in [-0.1, -0.05) is 24.3 Å². The monoisotopic (exact) mass is 389 g/mol. The van der Waals surface area contributed by atoms with Gasteiger partial charge in [0.1, 0.15) is 11.6 Å². The van der Waals surface area contributed by atoms with Crippen molar-refractivity contribution in [1.82, 2.24) is 14.9 Å². The average Bonchev–Trinajstić information content (AvgIpc) is 3.02. The first-order chi connectivity index (χ1) is 13.4. The average molecular weight is 389 g/mol. The summed E-state index contributed by atoms with van der Waals surface area (Å²) in [4.78, 5) is 22.0. The number of amides is 1. The molecule has 1 amide bonds. The lowest BCUT2D eigenvalue weighted by Crippen LogP contribution is -2.49. The number of benzene rings is 2. The number of nitrogens with one attached hydrogen (secondary N) is 1. The third-order valence-corrected chi connectivity index (χ3v) is 4.68. The molecule has 1 aliphatic heterocycles. The van der Waals surface area contributed by atoms with Crippen LogP contribution in [0.1, 0.15) is 17.3 Å². The zero-order valence-corrected chi connectivity index (χ0v) is 14.9. The molecule has 1 N–H and O–H groups in total. The Labute approximate surface area is 159 Å². The molecule has 28 heavy (non-hydrogen) atoms. The van der Waals surface area contributed by atoms with Crippen LogP contribution in [0.5, 0.6) is 5.75 Å². The number of halogens is 3. The highest BCUT2D eigenvalue weighted by molar-refractivity contribution is 5.80. The van der Waals surface area contributed by atoms with E-state index in [9.17, 15) is 18.0 Å². The third kappa shape index (κ3) is 4.11. The lowest BCUT2D eigenvalue weighted by Gasteiger charge is -2.38. The van der Waals surface area contributed by atoms with Crippen molar-refractivity contribution < 1.29 is 22.7 Å². The summed E-state index contributed by atoms with van der Waals surface area (Å²) >= 11 is 0. The van der Waals surface area contributed by atoms with Crippen LogP contribution in [0.3, 0.4) is 0 Å². The molecule has 0 aliphatic carbocycles. The van der Waals surface area contributed by atoms with Crippen molar-refractivity contribution in [2.75, 3.05) is 19.7 Å². The maximum Gasteiger partial charge on any atom is 0.422 e. The second kappa shape index (κ2) is 7.18. The number of aromatic nitrogens is 2. The van der Waals surface area contributed by atoms with Gasteiger partial charge in [0.25, 0.3) is 0 Å². The van der Waals surface area contributed by atoms with Gasteiger partial charge >= 0.3 is 6.18 Å². The summed E-state index contributed by atoms with van der Waals surface area (Å²) in [6.07, 6.45) is -4.27. The number of hydrogen-bond acceptors (Lipinski definition) is 3. The molecule has 0 saturated carbocycles. The predicted octanol–water partition coefficient (Wildman–Crippen LogP) is 3.67. The fourth-order valence-electron chi connectivity index (χ4n) is 3.22. The molecule has 0 bridgehead atoms. The largest absolute Gasteiger partial charge is 0.484 e. The highest BCUT2D eigenvalue weighted by Gasteiger charge is 2.33. The minimum Gasteiger partial charge on any atom is -0.484 e. The van der Waals surface area contributed by atoms with E-state index in [1.807, 2.05) is 24.3 Å². The summed E-state index contributed by atoms with van der Waals surface area (Å²) in [5, 5.41) is 0. The van der Waals surface area contributed by atoms with Crippen molar-refractivity contribution in [3.63, 3.8) is 0 Å². The van der Waals surface area contributed by atoms with Gasteiger partial charge in [-0.2, -0.15) is 13.2 Å². The molecule has 0 atom stereocenters. The number of ether oxygens (including phenoxy) is 1. The van der Waals surface area contributed by atoms with Gasteiger partial charge in [-0.3, -0.25) is 4.79 Å². The van der Waals surface area contributed by atoms with Crippen LogP contribution in [0.4, 0.5) is 13.2 Å². The van der Waals surface area contributed by atoms with E-state index in [1.54, 1.807) is 17.0 Å². The molecule has 5 nitrogen and oxygen atoms in total. The molecule has 8 heteroatoms.